The van der Waals surface area contributed by atoms with E-state index in [0.717, 1.165) is 32.1 Å². The zero-order chi connectivity index (χ0) is 18.2. The van der Waals surface area contributed by atoms with Gasteiger partial charge in [-0.2, -0.15) is 0 Å². The van der Waals surface area contributed by atoms with Crippen LogP contribution in [0.15, 0.2) is 11.6 Å². The summed E-state index contributed by atoms with van der Waals surface area (Å²) < 4.78 is 0. The van der Waals surface area contributed by atoms with E-state index in [4.69, 9.17) is 0 Å². The van der Waals surface area contributed by atoms with Gasteiger partial charge in [0, 0.05) is 11.8 Å². The number of fused-ring (bicyclic) bond motifs is 5. The van der Waals surface area contributed by atoms with Crippen LogP contribution in [0.3, 0.4) is 0 Å². The predicted molar refractivity (Wildman–Crippen MR) is 96.9 cm³/mol. The monoisotopic (exact) mass is 344 g/mol. The zero-order valence-corrected chi connectivity index (χ0v) is 16.1. The summed E-state index contributed by atoms with van der Waals surface area (Å²) in [5, 5.41) is 11.2. The molecule has 138 valence electrons. The standard InChI is InChI=1S/C22H32O3/c1-13-11-16-17(20(3)8-5-15(24)12-19(13)20)6-9-21(4)18(16)7-10-22(21,25)14(2)23/h12-13,16-18,25H,5-11H2,1-4H3/t13-,16-,17-,18+,20-,21+,22-/m1/s1. The van der Waals surface area contributed by atoms with Gasteiger partial charge in [-0.3, -0.25) is 9.59 Å². The van der Waals surface area contributed by atoms with Gasteiger partial charge in [-0.05, 0) is 80.6 Å². The Morgan fingerprint density at radius 2 is 1.84 bits per heavy atom. The summed E-state index contributed by atoms with van der Waals surface area (Å²) in [4.78, 5) is 24.3. The minimum atomic E-state index is -1.13. The van der Waals surface area contributed by atoms with E-state index < -0.39 is 5.60 Å². The number of hydrogen-bond acceptors (Lipinski definition) is 3. The molecular formula is C22H32O3. The molecule has 0 saturated heterocycles. The molecule has 7 atom stereocenters. The summed E-state index contributed by atoms with van der Waals surface area (Å²) in [6, 6.07) is 0. The van der Waals surface area contributed by atoms with Gasteiger partial charge in [-0.25, -0.2) is 0 Å². The van der Waals surface area contributed by atoms with Crippen molar-refractivity contribution in [3.05, 3.63) is 11.6 Å². The number of rotatable bonds is 1. The van der Waals surface area contributed by atoms with E-state index in [0.29, 0.717) is 42.3 Å². The number of aliphatic hydroxyl groups is 1. The van der Waals surface area contributed by atoms with Gasteiger partial charge in [0.25, 0.3) is 0 Å². The second-order valence-corrected chi connectivity index (χ2v) is 9.91. The van der Waals surface area contributed by atoms with Crippen molar-refractivity contribution in [1.82, 2.24) is 0 Å². The van der Waals surface area contributed by atoms with Gasteiger partial charge in [0.2, 0.25) is 0 Å². The Morgan fingerprint density at radius 1 is 1.16 bits per heavy atom. The molecule has 0 unspecified atom stereocenters. The van der Waals surface area contributed by atoms with Crippen molar-refractivity contribution in [2.45, 2.75) is 78.2 Å². The third-order valence-corrected chi connectivity index (χ3v) is 9.01. The molecule has 0 amide bonds. The normalized spacial score (nSPS) is 52.0. The Hall–Kier alpha value is -0.960. The second-order valence-electron chi connectivity index (χ2n) is 9.91. The van der Waals surface area contributed by atoms with E-state index in [-0.39, 0.29) is 16.6 Å². The predicted octanol–water partition coefficient (Wildman–Crippen LogP) is 4.08. The third-order valence-electron chi connectivity index (χ3n) is 9.01. The van der Waals surface area contributed by atoms with E-state index in [1.807, 2.05) is 6.08 Å². The first-order valence-electron chi connectivity index (χ1n) is 10.1. The maximum atomic E-state index is 12.3. The molecule has 0 radical (unpaired) electrons. The van der Waals surface area contributed by atoms with Gasteiger partial charge in [0.05, 0.1) is 0 Å². The maximum absolute atomic E-state index is 12.3. The number of ketones is 2. The smallest absolute Gasteiger partial charge is 0.161 e. The molecule has 3 heteroatoms. The molecule has 0 heterocycles. The van der Waals surface area contributed by atoms with Crippen LogP contribution < -0.4 is 0 Å². The minimum Gasteiger partial charge on any atom is -0.382 e. The van der Waals surface area contributed by atoms with Crippen LogP contribution in [-0.2, 0) is 9.59 Å². The van der Waals surface area contributed by atoms with E-state index >= 15 is 0 Å². The third kappa shape index (κ3) is 2.08. The highest BCUT2D eigenvalue weighted by molar-refractivity contribution is 5.91. The average Bonchev–Trinajstić information content (AvgIpc) is 2.83. The molecule has 0 aromatic carbocycles. The second kappa shape index (κ2) is 5.28. The summed E-state index contributed by atoms with van der Waals surface area (Å²) in [6.45, 7) is 8.40. The van der Waals surface area contributed by atoms with Crippen LogP contribution in [-0.4, -0.2) is 22.3 Å². The van der Waals surface area contributed by atoms with E-state index in [1.54, 1.807) is 6.92 Å². The Balaban J connectivity index is 1.73. The highest BCUT2D eigenvalue weighted by Gasteiger charge is 2.66. The first kappa shape index (κ1) is 17.5. The van der Waals surface area contributed by atoms with Crippen molar-refractivity contribution in [3.8, 4) is 0 Å². The quantitative estimate of drug-likeness (QED) is 0.779. The molecule has 0 aromatic heterocycles. The fraction of sp³-hybridized carbons (Fsp3) is 0.818. The minimum absolute atomic E-state index is 0.0464. The molecule has 4 aliphatic rings. The van der Waals surface area contributed by atoms with Crippen LogP contribution in [0, 0.1) is 34.5 Å². The van der Waals surface area contributed by atoms with Crippen LogP contribution in [0.25, 0.3) is 0 Å². The summed E-state index contributed by atoms with van der Waals surface area (Å²) in [7, 11) is 0. The highest BCUT2D eigenvalue weighted by Crippen LogP contribution is 2.68. The fourth-order valence-corrected chi connectivity index (χ4v) is 7.58. The van der Waals surface area contributed by atoms with Crippen LogP contribution >= 0.6 is 0 Å². The summed E-state index contributed by atoms with van der Waals surface area (Å²) >= 11 is 0. The van der Waals surface area contributed by atoms with Crippen molar-refractivity contribution in [2.75, 3.05) is 0 Å². The van der Waals surface area contributed by atoms with Gasteiger partial charge in [-0.1, -0.05) is 26.3 Å². The summed E-state index contributed by atoms with van der Waals surface area (Å²) in [5.41, 5.74) is 0.107. The van der Waals surface area contributed by atoms with Crippen molar-refractivity contribution < 1.29 is 14.7 Å². The topological polar surface area (TPSA) is 54.4 Å². The van der Waals surface area contributed by atoms with Gasteiger partial charge >= 0.3 is 0 Å². The van der Waals surface area contributed by atoms with Gasteiger partial charge in [-0.15, -0.1) is 0 Å². The molecule has 0 aromatic rings. The molecule has 0 aliphatic heterocycles. The number of carbonyl (C=O) groups is 2. The first-order valence-corrected chi connectivity index (χ1v) is 10.1. The van der Waals surface area contributed by atoms with Crippen molar-refractivity contribution in [1.29, 1.82) is 0 Å². The number of allylic oxidation sites excluding steroid dienone is 1. The average molecular weight is 344 g/mol. The van der Waals surface area contributed by atoms with E-state index in [9.17, 15) is 14.7 Å². The van der Waals surface area contributed by atoms with Crippen molar-refractivity contribution >= 4 is 11.6 Å². The Labute approximate surface area is 151 Å². The van der Waals surface area contributed by atoms with E-state index in [2.05, 4.69) is 20.8 Å². The summed E-state index contributed by atoms with van der Waals surface area (Å²) in [5.74, 6) is 2.27. The lowest BCUT2D eigenvalue weighted by Gasteiger charge is -2.60. The Bertz CT molecular complexity index is 664. The van der Waals surface area contributed by atoms with Crippen LogP contribution in [0.4, 0.5) is 0 Å². The van der Waals surface area contributed by atoms with Gasteiger partial charge < -0.3 is 5.11 Å². The van der Waals surface area contributed by atoms with Gasteiger partial charge in [0.15, 0.2) is 11.6 Å². The zero-order valence-electron chi connectivity index (χ0n) is 16.1. The highest BCUT2D eigenvalue weighted by atomic mass is 16.3. The lowest BCUT2D eigenvalue weighted by Crippen LogP contribution is -2.57. The van der Waals surface area contributed by atoms with E-state index in [1.165, 1.54) is 5.57 Å². The SMILES string of the molecule is CC(=O)[C@]1(O)CC[C@H]2[C@@H]3C[C@@H](C)C4=CC(=O)CC[C@]4(C)[C@@H]3CC[C@@]21C. The molecule has 0 spiro atoms. The molecule has 25 heavy (non-hydrogen) atoms. The fourth-order valence-electron chi connectivity index (χ4n) is 7.58. The van der Waals surface area contributed by atoms with Crippen LogP contribution in [0.5, 0.6) is 0 Å². The molecule has 0 bridgehead atoms. The number of hydrogen-bond donors (Lipinski definition) is 1. The number of carbonyl (C=O) groups excluding carboxylic acids is 2. The molecule has 4 rings (SSSR count). The molecule has 3 nitrogen and oxygen atoms in total. The summed E-state index contributed by atoms with van der Waals surface area (Å²) in [6.07, 6.45) is 8.31. The number of Topliss-reactive ketones (excluding diaryl/α,β-unsaturated/α-hetero) is 1. The molecule has 4 aliphatic carbocycles. The Kier molecular flexibility index (Phi) is 3.69. The first-order chi connectivity index (χ1) is 11.6. The van der Waals surface area contributed by atoms with Crippen molar-refractivity contribution in [2.24, 2.45) is 34.5 Å². The maximum Gasteiger partial charge on any atom is 0.161 e. The van der Waals surface area contributed by atoms with Crippen molar-refractivity contribution in [3.63, 3.8) is 0 Å². The lowest BCUT2D eigenvalue weighted by atomic mass is 9.45. The largest absolute Gasteiger partial charge is 0.382 e. The molecular weight excluding hydrogens is 312 g/mol. The van der Waals surface area contributed by atoms with Crippen LogP contribution in [0.2, 0.25) is 0 Å². The molecule has 3 saturated carbocycles. The molecule has 3 fully saturated rings. The van der Waals surface area contributed by atoms with Gasteiger partial charge in [0.1, 0.15) is 5.60 Å². The lowest BCUT2D eigenvalue weighted by molar-refractivity contribution is -0.161. The molecule has 1 N–H and O–H groups in total. The van der Waals surface area contributed by atoms with Crippen LogP contribution in [0.1, 0.15) is 72.6 Å². The Morgan fingerprint density at radius 3 is 2.52 bits per heavy atom.